The second kappa shape index (κ2) is 6.09. The van der Waals surface area contributed by atoms with Crippen LogP contribution in [0, 0.1) is 20.8 Å². The van der Waals surface area contributed by atoms with Crippen LogP contribution in [0.4, 0.5) is 16.2 Å². The van der Waals surface area contributed by atoms with Crippen LogP contribution in [0.5, 0.6) is 0 Å². The van der Waals surface area contributed by atoms with Gasteiger partial charge in [0.05, 0.1) is 0 Å². The molecule has 2 aromatic rings. The normalized spacial score (nSPS) is 10.2. The van der Waals surface area contributed by atoms with Crippen molar-refractivity contribution in [2.24, 2.45) is 0 Å². The molecule has 0 aliphatic rings. The number of aryl methyl sites for hydroxylation is 3. The van der Waals surface area contributed by atoms with Crippen LogP contribution in [-0.4, -0.2) is 6.03 Å². The van der Waals surface area contributed by atoms with E-state index < -0.39 is 0 Å². The van der Waals surface area contributed by atoms with Crippen molar-refractivity contribution in [3.05, 3.63) is 57.6 Å². The molecular weight excluding hydrogens is 316 g/mol. The molecule has 0 bridgehead atoms. The number of carbonyl (C=O) groups is 1. The molecule has 0 saturated carbocycles. The molecule has 0 fully saturated rings. The molecule has 4 heteroatoms. The van der Waals surface area contributed by atoms with Crippen molar-refractivity contribution in [2.75, 3.05) is 10.6 Å². The summed E-state index contributed by atoms with van der Waals surface area (Å²) < 4.78 is 1.01. The zero-order valence-electron chi connectivity index (χ0n) is 11.8. The Morgan fingerprint density at radius 1 is 1.00 bits per heavy atom. The van der Waals surface area contributed by atoms with Gasteiger partial charge in [0.1, 0.15) is 0 Å². The van der Waals surface area contributed by atoms with Crippen molar-refractivity contribution < 1.29 is 4.79 Å². The molecule has 2 rings (SSSR count). The first-order valence-corrected chi connectivity index (χ1v) is 7.16. The van der Waals surface area contributed by atoms with Crippen LogP contribution in [0.15, 0.2) is 40.9 Å². The van der Waals surface area contributed by atoms with Gasteiger partial charge in [0.25, 0.3) is 0 Å². The molecule has 2 amide bonds. The molecular formula is C16H17BrN2O. The third-order valence-electron chi connectivity index (χ3n) is 3.01. The third kappa shape index (κ3) is 3.61. The van der Waals surface area contributed by atoms with E-state index in [-0.39, 0.29) is 6.03 Å². The number of hydrogen-bond donors (Lipinski definition) is 2. The predicted molar refractivity (Wildman–Crippen MR) is 87.4 cm³/mol. The Kier molecular flexibility index (Phi) is 4.45. The van der Waals surface area contributed by atoms with Gasteiger partial charge < -0.3 is 10.6 Å². The van der Waals surface area contributed by atoms with E-state index in [9.17, 15) is 4.79 Å². The first-order valence-electron chi connectivity index (χ1n) is 6.37. The lowest BCUT2D eigenvalue weighted by Gasteiger charge is -2.13. The highest BCUT2D eigenvalue weighted by Crippen LogP contribution is 2.25. The summed E-state index contributed by atoms with van der Waals surface area (Å²) in [5, 5.41) is 5.74. The summed E-state index contributed by atoms with van der Waals surface area (Å²) in [6.07, 6.45) is 0. The van der Waals surface area contributed by atoms with Gasteiger partial charge in [0.15, 0.2) is 0 Å². The summed E-state index contributed by atoms with van der Waals surface area (Å²) in [7, 11) is 0. The maximum Gasteiger partial charge on any atom is 0.323 e. The molecule has 0 aliphatic carbocycles. The van der Waals surface area contributed by atoms with E-state index in [2.05, 4.69) is 26.6 Å². The lowest BCUT2D eigenvalue weighted by molar-refractivity contribution is 0.262. The van der Waals surface area contributed by atoms with Crippen LogP contribution in [-0.2, 0) is 0 Å². The van der Waals surface area contributed by atoms with Gasteiger partial charge in [-0.15, -0.1) is 0 Å². The first-order chi connectivity index (χ1) is 9.45. The van der Waals surface area contributed by atoms with Crippen molar-refractivity contribution >= 4 is 33.3 Å². The highest BCUT2D eigenvalue weighted by molar-refractivity contribution is 9.10. The molecule has 0 radical (unpaired) electrons. The second-order valence-corrected chi connectivity index (χ2v) is 5.78. The van der Waals surface area contributed by atoms with E-state index >= 15 is 0 Å². The Morgan fingerprint density at radius 2 is 1.65 bits per heavy atom. The Bertz CT molecular complexity index is 630. The van der Waals surface area contributed by atoms with Gasteiger partial charge in [0.2, 0.25) is 0 Å². The molecule has 0 unspecified atom stereocenters. The Hall–Kier alpha value is -1.81. The highest BCUT2D eigenvalue weighted by Gasteiger charge is 2.08. The van der Waals surface area contributed by atoms with Gasteiger partial charge >= 0.3 is 6.03 Å². The zero-order valence-corrected chi connectivity index (χ0v) is 13.3. The molecule has 2 N–H and O–H groups in total. The van der Waals surface area contributed by atoms with Crippen molar-refractivity contribution in [1.82, 2.24) is 0 Å². The topological polar surface area (TPSA) is 41.1 Å². The van der Waals surface area contributed by atoms with Crippen LogP contribution in [0.25, 0.3) is 0 Å². The summed E-state index contributed by atoms with van der Waals surface area (Å²) in [4.78, 5) is 12.0. The van der Waals surface area contributed by atoms with E-state index in [4.69, 9.17) is 0 Å². The van der Waals surface area contributed by atoms with Crippen molar-refractivity contribution in [3.8, 4) is 0 Å². The average Bonchev–Trinajstić information content (AvgIpc) is 2.33. The van der Waals surface area contributed by atoms with Crippen molar-refractivity contribution in [3.63, 3.8) is 0 Å². The van der Waals surface area contributed by atoms with Gasteiger partial charge in [-0.05, 0) is 61.7 Å². The molecule has 0 aliphatic heterocycles. The second-order valence-electron chi connectivity index (χ2n) is 4.86. The van der Waals surface area contributed by atoms with E-state index in [1.807, 2.05) is 57.2 Å². The fraction of sp³-hybridized carbons (Fsp3) is 0.188. The standard InChI is InChI=1S/C16H17BrN2O/c1-10-5-4-6-14(7-10)18-16(20)19-15-11(2)8-13(17)9-12(15)3/h4-9H,1-3H3,(H2,18,19,20). The molecule has 3 nitrogen and oxygen atoms in total. The smallest absolute Gasteiger partial charge is 0.308 e. The summed E-state index contributed by atoms with van der Waals surface area (Å²) in [6.45, 7) is 5.94. The van der Waals surface area contributed by atoms with E-state index in [1.165, 1.54) is 0 Å². The molecule has 0 spiro atoms. The molecule has 0 aromatic heterocycles. The van der Waals surface area contributed by atoms with Crippen molar-refractivity contribution in [1.29, 1.82) is 0 Å². The quantitative estimate of drug-likeness (QED) is 0.796. The van der Waals surface area contributed by atoms with E-state index in [0.717, 1.165) is 32.5 Å². The SMILES string of the molecule is Cc1cccc(NC(=O)Nc2c(C)cc(Br)cc2C)c1. The zero-order chi connectivity index (χ0) is 14.7. The number of carbonyl (C=O) groups excluding carboxylic acids is 1. The predicted octanol–water partition coefficient (Wildman–Crippen LogP) is 5.02. The number of urea groups is 1. The van der Waals surface area contributed by atoms with Gasteiger partial charge in [0, 0.05) is 15.8 Å². The largest absolute Gasteiger partial charge is 0.323 e. The number of halogens is 1. The monoisotopic (exact) mass is 332 g/mol. The maximum atomic E-state index is 12.0. The minimum atomic E-state index is -0.232. The molecule has 0 heterocycles. The molecule has 2 aromatic carbocycles. The minimum absolute atomic E-state index is 0.232. The molecule has 0 saturated heterocycles. The van der Waals surface area contributed by atoms with Crippen LogP contribution in [0.2, 0.25) is 0 Å². The van der Waals surface area contributed by atoms with Crippen molar-refractivity contribution in [2.45, 2.75) is 20.8 Å². The fourth-order valence-electron chi connectivity index (χ4n) is 2.11. The average molecular weight is 333 g/mol. The Labute approximate surface area is 127 Å². The molecule has 104 valence electrons. The summed E-state index contributed by atoms with van der Waals surface area (Å²) >= 11 is 3.45. The number of rotatable bonds is 2. The van der Waals surface area contributed by atoms with Gasteiger partial charge in [-0.25, -0.2) is 4.79 Å². The Morgan fingerprint density at radius 3 is 2.25 bits per heavy atom. The number of hydrogen-bond acceptors (Lipinski definition) is 1. The number of nitrogens with one attached hydrogen (secondary N) is 2. The number of anilines is 2. The minimum Gasteiger partial charge on any atom is -0.308 e. The molecule has 20 heavy (non-hydrogen) atoms. The van der Waals surface area contributed by atoms with E-state index in [0.29, 0.717) is 0 Å². The summed E-state index contributed by atoms with van der Waals surface area (Å²) in [5.41, 5.74) is 4.79. The maximum absolute atomic E-state index is 12.0. The van der Waals surface area contributed by atoms with Gasteiger partial charge in [-0.3, -0.25) is 0 Å². The number of benzene rings is 2. The van der Waals surface area contributed by atoms with Crippen LogP contribution in [0.3, 0.4) is 0 Å². The van der Waals surface area contributed by atoms with Gasteiger partial charge in [-0.1, -0.05) is 28.1 Å². The Balaban J connectivity index is 2.13. The lowest BCUT2D eigenvalue weighted by atomic mass is 10.1. The summed E-state index contributed by atoms with van der Waals surface area (Å²) in [5.74, 6) is 0. The van der Waals surface area contributed by atoms with E-state index in [1.54, 1.807) is 0 Å². The summed E-state index contributed by atoms with van der Waals surface area (Å²) in [6, 6.07) is 11.4. The lowest BCUT2D eigenvalue weighted by Crippen LogP contribution is -2.20. The molecule has 0 atom stereocenters. The number of amides is 2. The highest BCUT2D eigenvalue weighted by atomic mass is 79.9. The first kappa shape index (κ1) is 14.6. The van der Waals surface area contributed by atoms with Crippen LogP contribution in [0.1, 0.15) is 16.7 Å². The fourth-order valence-corrected chi connectivity index (χ4v) is 2.79. The van der Waals surface area contributed by atoms with Crippen LogP contribution < -0.4 is 10.6 Å². The van der Waals surface area contributed by atoms with Crippen LogP contribution >= 0.6 is 15.9 Å². The third-order valence-corrected chi connectivity index (χ3v) is 3.47. The van der Waals surface area contributed by atoms with Gasteiger partial charge in [-0.2, -0.15) is 0 Å².